The third-order valence-corrected chi connectivity index (χ3v) is 3.55. The van der Waals surface area contributed by atoms with Crippen molar-refractivity contribution in [3.63, 3.8) is 0 Å². The van der Waals surface area contributed by atoms with Crippen molar-refractivity contribution in [3.05, 3.63) is 34.1 Å². The van der Waals surface area contributed by atoms with E-state index in [1.165, 1.54) is 6.07 Å². The third-order valence-electron chi connectivity index (χ3n) is 2.78. The highest BCUT2D eigenvalue weighted by Crippen LogP contribution is 2.22. The van der Waals surface area contributed by atoms with E-state index in [1.807, 2.05) is 0 Å². The van der Waals surface area contributed by atoms with Gasteiger partial charge in [-0.25, -0.2) is 4.39 Å². The lowest BCUT2D eigenvalue weighted by Crippen LogP contribution is -2.23. The minimum absolute atomic E-state index is 0.156. The number of rotatable bonds is 6. The molecule has 0 saturated carbocycles. The Hall–Kier alpha value is -0.410. The lowest BCUT2D eigenvalue weighted by molar-refractivity contribution is 0.465. The Morgan fingerprint density at radius 1 is 1.38 bits per heavy atom. The normalized spacial score (nSPS) is 12.8. The van der Waals surface area contributed by atoms with Crippen LogP contribution in [-0.4, -0.2) is 13.1 Å². The van der Waals surface area contributed by atoms with Crippen LogP contribution in [0.4, 0.5) is 4.39 Å². The predicted molar refractivity (Wildman–Crippen MR) is 70.1 cm³/mol. The maximum atomic E-state index is 13.1. The maximum Gasteiger partial charge on any atom is 0.123 e. The summed E-state index contributed by atoms with van der Waals surface area (Å²) in [6.07, 6.45) is 2.03. The zero-order valence-electron chi connectivity index (χ0n) is 9.89. The van der Waals surface area contributed by atoms with Gasteiger partial charge in [-0.15, -0.1) is 0 Å². The van der Waals surface area contributed by atoms with Crippen LogP contribution in [0.3, 0.4) is 0 Å². The summed E-state index contributed by atoms with van der Waals surface area (Å²) in [6.45, 7) is 6.26. The molecule has 1 rings (SSSR count). The van der Waals surface area contributed by atoms with Gasteiger partial charge >= 0.3 is 0 Å². The third kappa shape index (κ3) is 4.22. The average Bonchev–Trinajstić information content (AvgIpc) is 2.28. The molecule has 0 aliphatic rings. The molecular formula is C13H19BrFN. The number of hydrogen-bond donors (Lipinski definition) is 1. The van der Waals surface area contributed by atoms with Crippen molar-refractivity contribution in [3.8, 4) is 0 Å². The van der Waals surface area contributed by atoms with Crippen molar-refractivity contribution in [2.75, 3.05) is 13.1 Å². The van der Waals surface area contributed by atoms with E-state index in [9.17, 15) is 4.39 Å². The van der Waals surface area contributed by atoms with E-state index < -0.39 is 0 Å². The highest BCUT2D eigenvalue weighted by molar-refractivity contribution is 9.10. The maximum absolute atomic E-state index is 13.1. The zero-order chi connectivity index (χ0) is 12.0. The lowest BCUT2D eigenvalue weighted by Gasteiger charge is -2.16. The molecule has 1 N–H and O–H groups in total. The van der Waals surface area contributed by atoms with Gasteiger partial charge in [0.25, 0.3) is 0 Å². The highest BCUT2D eigenvalue weighted by Gasteiger charge is 2.10. The molecule has 16 heavy (non-hydrogen) atoms. The summed E-state index contributed by atoms with van der Waals surface area (Å²) in [5.74, 6) is 0.412. The quantitative estimate of drug-likeness (QED) is 0.840. The van der Waals surface area contributed by atoms with E-state index in [2.05, 4.69) is 35.1 Å². The van der Waals surface area contributed by atoms with Crippen LogP contribution in [0, 0.1) is 11.7 Å². The van der Waals surface area contributed by atoms with Gasteiger partial charge in [-0.1, -0.05) is 36.2 Å². The van der Waals surface area contributed by atoms with Crippen LogP contribution in [-0.2, 0) is 6.42 Å². The second-order valence-electron chi connectivity index (χ2n) is 4.02. The van der Waals surface area contributed by atoms with Gasteiger partial charge < -0.3 is 5.32 Å². The predicted octanol–water partition coefficient (Wildman–Crippen LogP) is 3.77. The molecule has 0 aliphatic carbocycles. The molecular weight excluding hydrogens is 269 g/mol. The molecule has 3 heteroatoms. The molecule has 90 valence electrons. The fourth-order valence-electron chi connectivity index (χ4n) is 1.72. The van der Waals surface area contributed by atoms with Crippen LogP contribution in [0.15, 0.2) is 22.7 Å². The Balaban J connectivity index is 2.65. The molecule has 0 fully saturated rings. The molecule has 0 aromatic heterocycles. The Morgan fingerprint density at radius 2 is 2.12 bits per heavy atom. The molecule has 0 heterocycles. The van der Waals surface area contributed by atoms with E-state index in [4.69, 9.17) is 0 Å². The number of halogens is 2. The first-order chi connectivity index (χ1) is 7.67. The Morgan fingerprint density at radius 3 is 2.75 bits per heavy atom. The van der Waals surface area contributed by atoms with Crippen LogP contribution in [0.1, 0.15) is 25.8 Å². The van der Waals surface area contributed by atoms with Crippen LogP contribution in [0.2, 0.25) is 0 Å². The van der Waals surface area contributed by atoms with E-state index >= 15 is 0 Å². The number of hydrogen-bond acceptors (Lipinski definition) is 1. The molecule has 0 spiro atoms. The summed E-state index contributed by atoms with van der Waals surface area (Å²) in [5.41, 5.74) is 1.06. The van der Waals surface area contributed by atoms with E-state index in [1.54, 1.807) is 12.1 Å². The summed E-state index contributed by atoms with van der Waals surface area (Å²) in [4.78, 5) is 0. The Kier molecular flexibility index (Phi) is 5.99. The molecule has 0 amide bonds. The molecule has 1 nitrogen and oxygen atoms in total. The lowest BCUT2D eigenvalue weighted by atomic mass is 9.97. The largest absolute Gasteiger partial charge is 0.317 e. The minimum Gasteiger partial charge on any atom is -0.317 e. The van der Waals surface area contributed by atoms with Gasteiger partial charge in [0.1, 0.15) is 5.82 Å². The van der Waals surface area contributed by atoms with Gasteiger partial charge in [0.2, 0.25) is 0 Å². The van der Waals surface area contributed by atoms with Gasteiger partial charge in [0, 0.05) is 4.47 Å². The van der Waals surface area contributed by atoms with Crippen LogP contribution < -0.4 is 5.32 Å². The van der Waals surface area contributed by atoms with Gasteiger partial charge in [0.15, 0.2) is 0 Å². The molecule has 0 radical (unpaired) electrons. The smallest absolute Gasteiger partial charge is 0.123 e. The van der Waals surface area contributed by atoms with Gasteiger partial charge in [-0.3, -0.25) is 0 Å². The summed E-state index contributed by atoms with van der Waals surface area (Å²) < 4.78 is 14.1. The van der Waals surface area contributed by atoms with Gasteiger partial charge in [-0.2, -0.15) is 0 Å². The first-order valence-electron chi connectivity index (χ1n) is 5.82. The van der Waals surface area contributed by atoms with Crippen molar-refractivity contribution in [1.82, 2.24) is 5.32 Å². The molecule has 1 aromatic carbocycles. The first kappa shape index (κ1) is 13.7. The van der Waals surface area contributed by atoms with Crippen LogP contribution >= 0.6 is 15.9 Å². The van der Waals surface area contributed by atoms with Gasteiger partial charge in [0.05, 0.1) is 0 Å². The fourth-order valence-corrected chi connectivity index (χ4v) is 2.13. The zero-order valence-corrected chi connectivity index (χ0v) is 11.5. The highest BCUT2D eigenvalue weighted by atomic mass is 79.9. The SMILES string of the molecule is CCNCC(CC)Cc1cc(F)ccc1Br. The second kappa shape index (κ2) is 7.02. The number of benzene rings is 1. The molecule has 0 saturated heterocycles. The Bertz CT molecular complexity index is 328. The Labute approximate surface area is 106 Å². The molecule has 1 aromatic rings. The summed E-state index contributed by atoms with van der Waals surface area (Å²) in [7, 11) is 0. The van der Waals surface area contributed by atoms with E-state index in [-0.39, 0.29) is 5.82 Å². The van der Waals surface area contributed by atoms with Crippen molar-refractivity contribution in [1.29, 1.82) is 0 Å². The number of nitrogens with one attached hydrogen (secondary N) is 1. The van der Waals surface area contributed by atoms with Crippen molar-refractivity contribution < 1.29 is 4.39 Å². The summed E-state index contributed by atoms with van der Waals surface area (Å²) in [5, 5.41) is 3.34. The average molecular weight is 288 g/mol. The molecule has 1 atom stereocenters. The summed E-state index contributed by atoms with van der Waals surface area (Å²) >= 11 is 3.47. The van der Waals surface area contributed by atoms with E-state index in [0.29, 0.717) is 5.92 Å². The summed E-state index contributed by atoms with van der Waals surface area (Å²) in [6, 6.07) is 4.89. The minimum atomic E-state index is -0.156. The van der Waals surface area contributed by atoms with Crippen molar-refractivity contribution in [2.24, 2.45) is 5.92 Å². The van der Waals surface area contributed by atoms with Gasteiger partial charge in [-0.05, 0) is 49.2 Å². The van der Waals surface area contributed by atoms with Crippen molar-refractivity contribution in [2.45, 2.75) is 26.7 Å². The molecule has 0 bridgehead atoms. The van der Waals surface area contributed by atoms with Crippen molar-refractivity contribution >= 4 is 15.9 Å². The standard InChI is InChI=1S/C13H19BrFN/c1-3-10(9-16-4-2)7-11-8-12(15)5-6-13(11)14/h5-6,8,10,16H,3-4,7,9H2,1-2H3. The molecule has 1 unspecified atom stereocenters. The second-order valence-corrected chi connectivity index (χ2v) is 4.88. The topological polar surface area (TPSA) is 12.0 Å². The first-order valence-corrected chi connectivity index (χ1v) is 6.61. The fraction of sp³-hybridized carbons (Fsp3) is 0.538. The van der Waals surface area contributed by atoms with Crippen LogP contribution in [0.5, 0.6) is 0 Å². The van der Waals surface area contributed by atoms with E-state index in [0.717, 1.165) is 36.0 Å². The monoisotopic (exact) mass is 287 g/mol. The molecule has 0 aliphatic heterocycles. The van der Waals surface area contributed by atoms with Crippen LogP contribution in [0.25, 0.3) is 0 Å².